The maximum Gasteiger partial charge on any atom is 0.200 e. The molecular formula is C15H18F2O. The van der Waals surface area contributed by atoms with Crippen LogP contribution in [0.2, 0.25) is 0 Å². The van der Waals surface area contributed by atoms with Crippen molar-refractivity contribution in [3.63, 3.8) is 0 Å². The van der Waals surface area contributed by atoms with E-state index in [1.165, 1.54) is 0 Å². The molecule has 2 aliphatic rings. The van der Waals surface area contributed by atoms with E-state index in [0.717, 1.165) is 38.5 Å². The Balaban J connectivity index is 1.78. The first kappa shape index (κ1) is 11.9. The molecule has 2 saturated carbocycles. The van der Waals surface area contributed by atoms with Crippen molar-refractivity contribution in [1.82, 2.24) is 0 Å². The summed E-state index contributed by atoms with van der Waals surface area (Å²) in [7, 11) is 0. The van der Waals surface area contributed by atoms with Gasteiger partial charge in [-0.05, 0) is 49.1 Å². The molecule has 0 unspecified atom stereocenters. The van der Waals surface area contributed by atoms with E-state index in [1.807, 2.05) is 0 Å². The van der Waals surface area contributed by atoms with Crippen LogP contribution < -0.4 is 4.74 Å². The maximum absolute atomic E-state index is 14.0. The first-order valence-corrected chi connectivity index (χ1v) is 6.86. The Bertz CT molecular complexity index is 434. The molecular weight excluding hydrogens is 234 g/mol. The van der Waals surface area contributed by atoms with Gasteiger partial charge in [0.05, 0.1) is 6.61 Å². The molecule has 0 spiro atoms. The fourth-order valence-electron chi connectivity index (χ4n) is 2.70. The molecule has 3 heteroatoms. The van der Waals surface area contributed by atoms with Crippen molar-refractivity contribution in [2.24, 2.45) is 5.92 Å². The second-order valence-corrected chi connectivity index (χ2v) is 5.52. The molecule has 0 amide bonds. The van der Waals surface area contributed by atoms with E-state index in [9.17, 15) is 8.78 Å². The van der Waals surface area contributed by atoms with Crippen molar-refractivity contribution in [1.29, 1.82) is 0 Å². The molecule has 18 heavy (non-hydrogen) atoms. The molecule has 0 radical (unpaired) electrons. The molecule has 1 aromatic rings. The lowest BCUT2D eigenvalue weighted by atomic mass is 9.97. The minimum absolute atomic E-state index is 0.0705. The van der Waals surface area contributed by atoms with Gasteiger partial charge in [0, 0.05) is 0 Å². The van der Waals surface area contributed by atoms with Gasteiger partial charge in [-0.25, -0.2) is 4.39 Å². The van der Waals surface area contributed by atoms with E-state index >= 15 is 0 Å². The van der Waals surface area contributed by atoms with Gasteiger partial charge in [0.2, 0.25) is 5.82 Å². The number of ether oxygens (including phenoxy) is 1. The monoisotopic (exact) mass is 252 g/mol. The van der Waals surface area contributed by atoms with E-state index < -0.39 is 11.6 Å². The fourth-order valence-corrected chi connectivity index (χ4v) is 2.70. The number of halogens is 2. The van der Waals surface area contributed by atoms with Gasteiger partial charge in [-0.2, -0.15) is 4.39 Å². The summed E-state index contributed by atoms with van der Waals surface area (Å²) in [5, 5.41) is 0. The van der Waals surface area contributed by atoms with Crippen LogP contribution >= 0.6 is 0 Å². The van der Waals surface area contributed by atoms with Crippen LogP contribution in [-0.2, 0) is 0 Å². The molecule has 2 aliphatic carbocycles. The summed E-state index contributed by atoms with van der Waals surface area (Å²) in [5.74, 6) is -0.699. The summed E-state index contributed by atoms with van der Waals surface area (Å²) in [4.78, 5) is 0. The Morgan fingerprint density at radius 2 is 1.72 bits per heavy atom. The third-order valence-corrected chi connectivity index (χ3v) is 4.04. The van der Waals surface area contributed by atoms with Crippen molar-refractivity contribution in [2.45, 2.75) is 44.4 Å². The fraction of sp³-hybridized carbons (Fsp3) is 0.600. The van der Waals surface area contributed by atoms with Crippen molar-refractivity contribution >= 4 is 0 Å². The van der Waals surface area contributed by atoms with Gasteiger partial charge in [0.25, 0.3) is 0 Å². The quantitative estimate of drug-likeness (QED) is 0.771. The summed E-state index contributed by atoms with van der Waals surface area (Å²) in [5.41, 5.74) is 0.531. The summed E-state index contributed by atoms with van der Waals surface area (Å²) < 4.78 is 33.2. The van der Waals surface area contributed by atoms with Crippen LogP contribution in [0, 0.1) is 17.6 Å². The number of hydrogen-bond acceptors (Lipinski definition) is 1. The normalized spacial score (nSPS) is 20.3. The van der Waals surface area contributed by atoms with Crippen LogP contribution in [0.4, 0.5) is 8.78 Å². The standard InChI is InChI=1S/C15H18F2O/c16-14-12(11-3-1-2-4-11)7-8-13(15(14)17)18-9-10-5-6-10/h7-8,10-11H,1-6,9H2. The van der Waals surface area contributed by atoms with Gasteiger partial charge in [-0.15, -0.1) is 0 Å². The Labute approximate surface area is 106 Å². The summed E-state index contributed by atoms with van der Waals surface area (Å²) >= 11 is 0. The highest BCUT2D eigenvalue weighted by atomic mass is 19.2. The molecule has 1 nitrogen and oxygen atoms in total. The molecule has 0 aromatic heterocycles. The topological polar surface area (TPSA) is 9.23 Å². The number of hydrogen-bond donors (Lipinski definition) is 0. The van der Waals surface area contributed by atoms with E-state index in [-0.39, 0.29) is 11.7 Å². The molecule has 0 bridgehead atoms. The van der Waals surface area contributed by atoms with E-state index in [2.05, 4.69) is 0 Å². The predicted molar refractivity (Wildman–Crippen MR) is 65.8 cm³/mol. The van der Waals surface area contributed by atoms with Crippen molar-refractivity contribution in [3.05, 3.63) is 29.3 Å². The van der Waals surface area contributed by atoms with Crippen molar-refractivity contribution in [3.8, 4) is 5.75 Å². The molecule has 1 aromatic carbocycles. The van der Waals surface area contributed by atoms with E-state index in [4.69, 9.17) is 4.74 Å². The second kappa shape index (κ2) is 4.87. The Hall–Kier alpha value is -1.12. The van der Waals surface area contributed by atoms with Crippen LogP contribution in [0.15, 0.2) is 12.1 Å². The highest BCUT2D eigenvalue weighted by molar-refractivity contribution is 5.33. The van der Waals surface area contributed by atoms with Gasteiger partial charge in [-0.1, -0.05) is 18.9 Å². The smallest absolute Gasteiger partial charge is 0.200 e. The van der Waals surface area contributed by atoms with Gasteiger partial charge >= 0.3 is 0 Å². The summed E-state index contributed by atoms with van der Waals surface area (Å²) in [6.07, 6.45) is 6.46. The predicted octanol–water partition coefficient (Wildman–Crippen LogP) is 4.41. The number of benzene rings is 1. The highest BCUT2D eigenvalue weighted by Gasteiger charge is 2.26. The van der Waals surface area contributed by atoms with E-state index in [0.29, 0.717) is 18.1 Å². The molecule has 3 rings (SSSR count). The minimum Gasteiger partial charge on any atom is -0.490 e. The van der Waals surface area contributed by atoms with Crippen LogP contribution in [0.5, 0.6) is 5.75 Å². The lowest BCUT2D eigenvalue weighted by Crippen LogP contribution is -2.05. The SMILES string of the molecule is Fc1c(OCC2CC2)ccc(C2CCCC2)c1F. The first-order valence-electron chi connectivity index (χ1n) is 6.86. The molecule has 0 heterocycles. The Morgan fingerprint density at radius 3 is 2.39 bits per heavy atom. The van der Waals surface area contributed by atoms with E-state index in [1.54, 1.807) is 12.1 Å². The minimum atomic E-state index is -0.806. The summed E-state index contributed by atoms with van der Waals surface area (Å²) in [6, 6.07) is 3.30. The zero-order valence-corrected chi connectivity index (χ0v) is 10.4. The van der Waals surface area contributed by atoms with Crippen LogP contribution in [0.3, 0.4) is 0 Å². The van der Waals surface area contributed by atoms with Crippen molar-refractivity contribution < 1.29 is 13.5 Å². The van der Waals surface area contributed by atoms with Crippen LogP contribution in [0.1, 0.15) is 50.0 Å². The largest absolute Gasteiger partial charge is 0.490 e. The maximum atomic E-state index is 14.0. The molecule has 0 atom stereocenters. The second-order valence-electron chi connectivity index (χ2n) is 5.52. The average molecular weight is 252 g/mol. The van der Waals surface area contributed by atoms with Crippen LogP contribution in [-0.4, -0.2) is 6.61 Å². The molecule has 2 fully saturated rings. The van der Waals surface area contributed by atoms with Gasteiger partial charge in [0.1, 0.15) is 0 Å². The van der Waals surface area contributed by atoms with Gasteiger partial charge in [0.15, 0.2) is 11.6 Å². The van der Waals surface area contributed by atoms with Gasteiger partial charge < -0.3 is 4.74 Å². The zero-order valence-electron chi connectivity index (χ0n) is 10.4. The lowest BCUT2D eigenvalue weighted by Gasteiger charge is -2.13. The Morgan fingerprint density at radius 1 is 1.00 bits per heavy atom. The molecule has 0 N–H and O–H groups in total. The summed E-state index contributed by atoms with van der Waals surface area (Å²) in [6.45, 7) is 0.513. The molecule has 0 saturated heterocycles. The van der Waals surface area contributed by atoms with Crippen molar-refractivity contribution in [2.75, 3.05) is 6.61 Å². The number of rotatable bonds is 4. The van der Waals surface area contributed by atoms with Gasteiger partial charge in [-0.3, -0.25) is 0 Å². The lowest BCUT2D eigenvalue weighted by molar-refractivity contribution is 0.279. The molecule has 0 aliphatic heterocycles. The highest BCUT2D eigenvalue weighted by Crippen LogP contribution is 2.38. The molecule has 98 valence electrons. The first-order chi connectivity index (χ1) is 8.75. The third-order valence-electron chi connectivity index (χ3n) is 4.04. The third kappa shape index (κ3) is 2.36. The average Bonchev–Trinajstić information content (AvgIpc) is 3.04. The van der Waals surface area contributed by atoms with Crippen LogP contribution in [0.25, 0.3) is 0 Å². The Kier molecular flexibility index (Phi) is 3.23. The zero-order chi connectivity index (χ0) is 12.5.